The second kappa shape index (κ2) is 7.94. The van der Waals surface area contributed by atoms with Gasteiger partial charge in [-0.15, -0.1) is 0 Å². The molecule has 0 aliphatic rings. The first-order valence-corrected chi connectivity index (χ1v) is 7.54. The van der Waals surface area contributed by atoms with Gasteiger partial charge in [0, 0.05) is 6.04 Å². The fourth-order valence-corrected chi connectivity index (χ4v) is 2.52. The number of aliphatic hydroxyl groups excluding tert-OH is 1. The predicted octanol–water partition coefficient (Wildman–Crippen LogP) is 2.76. The molecule has 22 heavy (non-hydrogen) atoms. The Bertz CT molecular complexity index is 587. The molecule has 118 valence electrons. The molecule has 0 aromatic heterocycles. The van der Waals surface area contributed by atoms with E-state index in [1.54, 1.807) is 0 Å². The summed E-state index contributed by atoms with van der Waals surface area (Å²) >= 11 is 0. The Kier molecular flexibility index (Phi) is 5.95. The van der Waals surface area contributed by atoms with Crippen LogP contribution in [0.4, 0.5) is 0 Å². The van der Waals surface area contributed by atoms with Crippen LogP contribution in [0.5, 0.6) is 11.5 Å². The maximum Gasteiger partial charge on any atom is 0.127 e. The molecule has 4 nitrogen and oxygen atoms in total. The molecule has 2 aromatic rings. The summed E-state index contributed by atoms with van der Waals surface area (Å²) in [5.74, 6) is 1.56. The zero-order valence-corrected chi connectivity index (χ0v) is 13.1. The molecule has 4 heteroatoms. The minimum atomic E-state index is -0.584. The van der Waals surface area contributed by atoms with Crippen LogP contribution in [0.1, 0.15) is 23.7 Å². The van der Waals surface area contributed by atoms with Crippen molar-refractivity contribution >= 4 is 0 Å². The van der Waals surface area contributed by atoms with Gasteiger partial charge in [0.1, 0.15) is 11.5 Å². The second-order valence-electron chi connectivity index (χ2n) is 5.35. The Morgan fingerprint density at radius 2 is 1.86 bits per heavy atom. The lowest BCUT2D eigenvalue weighted by Crippen LogP contribution is -2.34. The molecule has 2 aromatic carbocycles. The van der Waals surface area contributed by atoms with E-state index in [4.69, 9.17) is 10.5 Å². The number of hydrogen-bond donors (Lipinski definition) is 3. The number of benzene rings is 2. The van der Waals surface area contributed by atoms with Crippen LogP contribution in [0.3, 0.4) is 0 Å². The lowest BCUT2D eigenvalue weighted by molar-refractivity contribution is 0.128. The zero-order valence-electron chi connectivity index (χ0n) is 13.1. The van der Waals surface area contributed by atoms with Gasteiger partial charge in [-0.1, -0.05) is 24.3 Å². The first kappa shape index (κ1) is 16.5. The van der Waals surface area contributed by atoms with Gasteiger partial charge < -0.3 is 20.9 Å². The van der Waals surface area contributed by atoms with Crippen LogP contribution in [0.25, 0.3) is 0 Å². The highest BCUT2D eigenvalue weighted by molar-refractivity contribution is 5.39. The van der Waals surface area contributed by atoms with Crippen molar-refractivity contribution in [3.05, 3.63) is 59.7 Å². The molecule has 0 bridgehead atoms. The van der Waals surface area contributed by atoms with Crippen LogP contribution in [-0.2, 0) is 0 Å². The second-order valence-corrected chi connectivity index (χ2v) is 5.35. The van der Waals surface area contributed by atoms with Gasteiger partial charge in [0.2, 0.25) is 0 Å². The quantitative estimate of drug-likeness (QED) is 0.735. The highest BCUT2D eigenvalue weighted by Gasteiger charge is 2.20. The van der Waals surface area contributed by atoms with Crippen molar-refractivity contribution < 1.29 is 9.84 Å². The third kappa shape index (κ3) is 4.07. The number of nitrogens with one attached hydrogen (secondary N) is 1. The van der Waals surface area contributed by atoms with Crippen molar-refractivity contribution in [2.45, 2.75) is 25.5 Å². The fourth-order valence-electron chi connectivity index (χ4n) is 2.52. The molecule has 2 rings (SSSR count). The van der Waals surface area contributed by atoms with Gasteiger partial charge in [-0.3, -0.25) is 0 Å². The zero-order chi connectivity index (χ0) is 15.9. The third-order valence-corrected chi connectivity index (χ3v) is 3.77. The van der Waals surface area contributed by atoms with Crippen molar-refractivity contribution in [3.8, 4) is 11.5 Å². The van der Waals surface area contributed by atoms with Crippen molar-refractivity contribution in [2.75, 3.05) is 13.6 Å². The van der Waals surface area contributed by atoms with E-state index in [9.17, 15) is 5.11 Å². The van der Waals surface area contributed by atoms with Gasteiger partial charge in [-0.25, -0.2) is 0 Å². The van der Waals surface area contributed by atoms with Crippen molar-refractivity contribution in [3.63, 3.8) is 0 Å². The lowest BCUT2D eigenvalue weighted by atomic mass is 9.96. The fraction of sp³-hybridized carbons (Fsp3) is 0.333. The van der Waals surface area contributed by atoms with Gasteiger partial charge >= 0.3 is 0 Å². The monoisotopic (exact) mass is 300 g/mol. The molecule has 0 saturated carbocycles. The Labute approximate surface area is 131 Å². The van der Waals surface area contributed by atoms with Crippen molar-refractivity contribution in [1.82, 2.24) is 5.32 Å². The topological polar surface area (TPSA) is 67.5 Å². The van der Waals surface area contributed by atoms with Crippen molar-refractivity contribution in [1.29, 1.82) is 0 Å². The maximum absolute atomic E-state index is 10.5. The van der Waals surface area contributed by atoms with Crippen LogP contribution in [-0.4, -0.2) is 24.7 Å². The molecule has 0 amide bonds. The molecule has 0 radical (unpaired) electrons. The van der Waals surface area contributed by atoms with E-state index >= 15 is 0 Å². The SMILES string of the molecule is CNC(CCN)C(O)c1ccc(Oc2ccccc2)cc1C. The first-order valence-electron chi connectivity index (χ1n) is 7.54. The number of aryl methyl sites for hydroxylation is 1. The summed E-state index contributed by atoms with van der Waals surface area (Å²) in [7, 11) is 1.84. The summed E-state index contributed by atoms with van der Waals surface area (Å²) < 4.78 is 5.81. The highest BCUT2D eigenvalue weighted by Crippen LogP contribution is 2.28. The molecule has 0 spiro atoms. The number of aliphatic hydroxyl groups is 1. The molecular formula is C18H24N2O2. The largest absolute Gasteiger partial charge is 0.457 e. The summed E-state index contributed by atoms with van der Waals surface area (Å²) in [6, 6.07) is 15.3. The van der Waals surface area contributed by atoms with Gasteiger partial charge in [0.15, 0.2) is 0 Å². The van der Waals surface area contributed by atoms with Crippen LogP contribution in [0, 0.1) is 6.92 Å². The minimum Gasteiger partial charge on any atom is -0.457 e. The summed E-state index contributed by atoms with van der Waals surface area (Å²) in [5, 5.41) is 13.6. The maximum atomic E-state index is 10.5. The average Bonchev–Trinajstić information content (AvgIpc) is 2.53. The normalized spacial score (nSPS) is 13.6. The van der Waals surface area contributed by atoms with Crippen molar-refractivity contribution in [2.24, 2.45) is 5.73 Å². The van der Waals surface area contributed by atoms with Gasteiger partial charge in [-0.05, 0) is 62.3 Å². The summed E-state index contributed by atoms with van der Waals surface area (Å²) in [5.41, 5.74) is 7.49. The summed E-state index contributed by atoms with van der Waals surface area (Å²) in [4.78, 5) is 0. The standard InChI is InChI=1S/C18H24N2O2/c1-13-12-15(22-14-6-4-3-5-7-14)8-9-16(13)18(21)17(20-2)10-11-19/h3-9,12,17-18,20-21H,10-11,19H2,1-2H3. The minimum absolute atomic E-state index is 0.0513. The molecule has 0 aliphatic carbocycles. The third-order valence-electron chi connectivity index (χ3n) is 3.77. The summed E-state index contributed by atoms with van der Waals surface area (Å²) in [6.45, 7) is 2.52. The van der Waals surface area contributed by atoms with Crippen LogP contribution in [0.15, 0.2) is 48.5 Å². The predicted molar refractivity (Wildman–Crippen MR) is 89.2 cm³/mol. The summed E-state index contributed by atoms with van der Waals surface area (Å²) in [6.07, 6.45) is 0.138. The molecule has 2 unspecified atom stereocenters. The van der Waals surface area contributed by atoms with Gasteiger partial charge in [0.25, 0.3) is 0 Å². The smallest absolute Gasteiger partial charge is 0.127 e. The number of likely N-dealkylation sites (N-methyl/N-ethyl adjacent to an activating group) is 1. The number of nitrogens with two attached hydrogens (primary N) is 1. The molecule has 0 aliphatic heterocycles. The van der Waals surface area contributed by atoms with Crippen LogP contribution >= 0.6 is 0 Å². The van der Waals surface area contributed by atoms with E-state index in [2.05, 4.69) is 5.32 Å². The number of rotatable bonds is 7. The molecule has 0 heterocycles. The van der Waals surface area contributed by atoms with Gasteiger partial charge in [-0.2, -0.15) is 0 Å². The molecule has 0 saturated heterocycles. The van der Waals surface area contributed by atoms with Gasteiger partial charge in [0.05, 0.1) is 6.10 Å². The van der Waals surface area contributed by atoms with E-state index in [1.165, 1.54) is 0 Å². The lowest BCUT2D eigenvalue weighted by Gasteiger charge is -2.24. The van der Waals surface area contributed by atoms with Crippen LogP contribution in [0.2, 0.25) is 0 Å². The number of hydrogen-bond acceptors (Lipinski definition) is 4. The Balaban J connectivity index is 2.15. The van der Waals surface area contributed by atoms with E-state index < -0.39 is 6.10 Å². The molecule has 4 N–H and O–H groups in total. The molecule has 2 atom stereocenters. The molecular weight excluding hydrogens is 276 g/mol. The Hall–Kier alpha value is -1.88. The van der Waals surface area contributed by atoms with E-state index in [-0.39, 0.29) is 6.04 Å². The Morgan fingerprint density at radius 3 is 2.45 bits per heavy atom. The van der Waals surface area contributed by atoms with E-state index in [0.717, 1.165) is 29.0 Å². The van der Waals surface area contributed by atoms with E-state index in [0.29, 0.717) is 6.54 Å². The number of ether oxygens (including phenoxy) is 1. The average molecular weight is 300 g/mol. The number of para-hydroxylation sites is 1. The highest BCUT2D eigenvalue weighted by atomic mass is 16.5. The van der Waals surface area contributed by atoms with Crippen LogP contribution < -0.4 is 15.8 Å². The first-order chi connectivity index (χ1) is 10.7. The Morgan fingerprint density at radius 1 is 1.14 bits per heavy atom. The molecule has 0 fully saturated rings. The van der Waals surface area contributed by atoms with E-state index in [1.807, 2.05) is 62.5 Å².